The molecule has 1 aromatic carbocycles. The standard InChI is InChI=1S/C19H26ClN3O2S/c1-3-5-7-11-23-18(25)15-9-8-14(20)12-16(15)22-19(23)26-13-17(24)21-10-6-4-2/h8-9,12H,3-7,10-11,13H2,1-2H3,(H,21,24). The lowest BCUT2D eigenvalue weighted by Gasteiger charge is -2.13. The molecule has 2 aromatic rings. The number of unbranched alkanes of at least 4 members (excludes halogenated alkanes) is 3. The maximum Gasteiger partial charge on any atom is 0.262 e. The van der Waals surface area contributed by atoms with Crippen LogP contribution in [0.15, 0.2) is 28.2 Å². The summed E-state index contributed by atoms with van der Waals surface area (Å²) in [6.45, 7) is 5.50. The van der Waals surface area contributed by atoms with Gasteiger partial charge < -0.3 is 5.32 Å². The lowest BCUT2D eigenvalue weighted by atomic mass is 10.2. The van der Waals surface area contributed by atoms with Gasteiger partial charge in [-0.25, -0.2) is 4.98 Å². The number of hydrogen-bond donors (Lipinski definition) is 1. The molecule has 1 aromatic heterocycles. The second-order valence-corrected chi connectivity index (χ2v) is 7.59. The zero-order valence-corrected chi connectivity index (χ0v) is 17.0. The van der Waals surface area contributed by atoms with Crippen molar-refractivity contribution < 1.29 is 4.79 Å². The monoisotopic (exact) mass is 395 g/mol. The first-order valence-electron chi connectivity index (χ1n) is 9.16. The normalized spacial score (nSPS) is 11.0. The Morgan fingerprint density at radius 1 is 1.23 bits per heavy atom. The number of benzene rings is 1. The Labute approximate surface area is 163 Å². The Kier molecular flexibility index (Phi) is 8.45. The summed E-state index contributed by atoms with van der Waals surface area (Å²) in [5.74, 6) is 0.208. The van der Waals surface area contributed by atoms with Gasteiger partial charge >= 0.3 is 0 Å². The molecule has 26 heavy (non-hydrogen) atoms. The fourth-order valence-corrected chi connectivity index (χ4v) is 3.61. The molecule has 0 saturated carbocycles. The molecule has 0 atom stereocenters. The fourth-order valence-electron chi connectivity index (χ4n) is 2.59. The van der Waals surface area contributed by atoms with Crippen LogP contribution in [0.4, 0.5) is 0 Å². The Bertz CT molecular complexity index is 807. The lowest BCUT2D eigenvalue weighted by molar-refractivity contribution is -0.118. The van der Waals surface area contributed by atoms with Crippen LogP contribution in [0.5, 0.6) is 0 Å². The van der Waals surface area contributed by atoms with Crippen molar-refractivity contribution in [1.82, 2.24) is 14.9 Å². The second kappa shape index (κ2) is 10.6. The maximum absolute atomic E-state index is 12.9. The molecular weight excluding hydrogens is 370 g/mol. The van der Waals surface area contributed by atoms with E-state index in [1.807, 2.05) is 0 Å². The van der Waals surface area contributed by atoms with E-state index < -0.39 is 0 Å². The van der Waals surface area contributed by atoms with Crippen molar-refractivity contribution in [3.8, 4) is 0 Å². The zero-order valence-electron chi connectivity index (χ0n) is 15.4. The molecule has 0 spiro atoms. The van der Waals surface area contributed by atoms with Crippen molar-refractivity contribution >= 4 is 40.2 Å². The molecule has 2 rings (SSSR count). The number of halogens is 1. The summed E-state index contributed by atoms with van der Waals surface area (Å²) < 4.78 is 1.69. The minimum absolute atomic E-state index is 0.0380. The first-order chi connectivity index (χ1) is 12.6. The minimum Gasteiger partial charge on any atom is -0.355 e. The SMILES string of the molecule is CCCCCn1c(SCC(=O)NCCCC)nc2cc(Cl)ccc2c1=O. The van der Waals surface area contributed by atoms with Crippen LogP contribution >= 0.6 is 23.4 Å². The zero-order chi connectivity index (χ0) is 18.9. The largest absolute Gasteiger partial charge is 0.355 e. The highest BCUT2D eigenvalue weighted by molar-refractivity contribution is 7.99. The second-order valence-electron chi connectivity index (χ2n) is 6.21. The molecule has 0 aliphatic rings. The summed E-state index contributed by atoms with van der Waals surface area (Å²) in [5.41, 5.74) is 0.500. The number of rotatable bonds is 10. The molecule has 0 aliphatic carbocycles. The van der Waals surface area contributed by atoms with Crippen molar-refractivity contribution in [2.45, 2.75) is 57.7 Å². The number of nitrogens with zero attached hydrogens (tertiary/aromatic N) is 2. The molecule has 0 radical (unpaired) electrons. The smallest absolute Gasteiger partial charge is 0.262 e. The summed E-state index contributed by atoms with van der Waals surface area (Å²) in [7, 11) is 0. The third-order valence-corrected chi connectivity index (χ3v) is 5.26. The molecule has 5 nitrogen and oxygen atoms in total. The summed E-state index contributed by atoms with van der Waals surface area (Å²) in [6.07, 6.45) is 5.04. The topological polar surface area (TPSA) is 64.0 Å². The predicted molar refractivity (Wildman–Crippen MR) is 109 cm³/mol. The van der Waals surface area contributed by atoms with E-state index in [0.717, 1.165) is 32.1 Å². The van der Waals surface area contributed by atoms with Gasteiger partial charge in [-0.3, -0.25) is 14.2 Å². The van der Waals surface area contributed by atoms with Crippen molar-refractivity contribution in [2.24, 2.45) is 0 Å². The Balaban J connectivity index is 2.24. The molecule has 1 heterocycles. The van der Waals surface area contributed by atoms with Crippen molar-refractivity contribution in [2.75, 3.05) is 12.3 Å². The number of amides is 1. The summed E-state index contributed by atoms with van der Waals surface area (Å²) in [5, 5.41) is 4.57. The number of carbonyl (C=O) groups is 1. The molecule has 142 valence electrons. The molecule has 7 heteroatoms. The molecule has 0 aliphatic heterocycles. The molecule has 1 N–H and O–H groups in total. The summed E-state index contributed by atoms with van der Waals surface area (Å²) in [4.78, 5) is 29.5. The van der Waals surface area contributed by atoms with Gasteiger partial charge in [0.1, 0.15) is 0 Å². The van der Waals surface area contributed by atoms with E-state index in [4.69, 9.17) is 11.6 Å². The van der Waals surface area contributed by atoms with Gasteiger partial charge in [-0.15, -0.1) is 0 Å². The molecule has 0 bridgehead atoms. The number of hydrogen-bond acceptors (Lipinski definition) is 4. The highest BCUT2D eigenvalue weighted by Gasteiger charge is 2.13. The maximum atomic E-state index is 12.9. The van der Waals surface area contributed by atoms with Gasteiger partial charge in [0.25, 0.3) is 5.56 Å². The van der Waals surface area contributed by atoms with Gasteiger partial charge in [0.05, 0.1) is 16.7 Å². The average molecular weight is 396 g/mol. The molecular formula is C19H26ClN3O2S. The van der Waals surface area contributed by atoms with Crippen LogP contribution in [0.25, 0.3) is 10.9 Å². The number of nitrogens with one attached hydrogen (secondary N) is 1. The Morgan fingerprint density at radius 2 is 2.00 bits per heavy atom. The molecule has 1 amide bonds. The van der Waals surface area contributed by atoms with E-state index in [-0.39, 0.29) is 17.2 Å². The van der Waals surface area contributed by atoms with Crippen LogP contribution in [0.2, 0.25) is 5.02 Å². The molecule has 0 saturated heterocycles. The molecule has 0 fully saturated rings. The predicted octanol–water partition coefficient (Wildman–Crippen LogP) is 4.25. The third-order valence-electron chi connectivity index (χ3n) is 4.05. The van der Waals surface area contributed by atoms with E-state index in [0.29, 0.717) is 34.2 Å². The first-order valence-corrected chi connectivity index (χ1v) is 10.5. The van der Waals surface area contributed by atoms with Crippen LogP contribution in [-0.2, 0) is 11.3 Å². The summed E-state index contributed by atoms with van der Waals surface area (Å²) >= 11 is 7.35. The van der Waals surface area contributed by atoms with Gasteiger partial charge in [0.15, 0.2) is 5.16 Å². The molecule has 0 unspecified atom stereocenters. The lowest BCUT2D eigenvalue weighted by Crippen LogP contribution is -2.27. The first kappa shape index (κ1) is 20.8. The third kappa shape index (κ3) is 5.74. The van der Waals surface area contributed by atoms with Crippen molar-refractivity contribution in [3.63, 3.8) is 0 Å². The number of thioether (sulfide) groups is 1. The van der Waals surface area contributed by atoms with Crippen LogP contribution in [0.3, 0.4) is 0 Å². The highest BCUT2D eigenvalue weighted by atomic mass is 35.5. The van der Waals surface area contributed by atoms with Gasteiger partial charge in [0, 0.05) is 18.1 Å². The average Bonchev–Trinajstić information content (AvgIpc) is 2.62. The fraction of sp³-hybridized carbons (Fsp3) is 0.526. The van der Waals surface area contributed by atoms with Crippen LogP contribution in [0.1, 0.15) is 46.0 Å². The number of fused-ring (bicyclic) bond motifs is 1. The summed E-state index contributed by atoms with van der Waals surface area (Å²) in [6, 6.07) is 5.12. The van der Waals surface area contributed by atoms with E-state index in [9.17, 15) is 9.59 Å². The van der Waals surface area contributed by atoms with Gasteiger partial charge in [-0.05, 0) is 31.0 Å². The van der Waals surface area contributed by atoms with E-state index in [2.05, 4.69) is 24.1 Å². The van der Waals surface area contributed by atoms with Crippen molar-refractivity contribution in [3.05, 3.63) is 33.6 Å². The van der Waals surface area contributed by atoms with Crippen LogP contribution in [-0.4, -0.2) is 27.8 Å². The Hall–Kier alpha value is -1.53. The quantitative estimate of drug-likeness (QED) is 0.371. The van der Waals surface area contributed by atoms with E-state index >= 15 is 0 Å². The van der Waals surface area contributed by atoms with E-state index in [1.54, 1.807) is 22.8 Å². The van der Waals surface area contributed by atoms with Gasteiger partial charge in [0.2, 0.25) is 5.91 Å². The minimum atomic E-state index is -0.0725. The van der Waals surface area contributed by atoms with Crippen molar-refractivity contribution in [1.29, 1.82) is 0 Å². The van der Waals surface area contributed by atoms with Crippen LogP contribution < -0.4 is 10.9 Å². The van der Waals surface area contributed by atoms with Gasteiger partial charge in [-0.1, -0.05) is 56.5 Å². The Morgan fingerprint density at radius 3 is 2.73 bits per heavy atom. The van der Waals surface area contributed by atoms with E-state index in [1.165, 1.54) is 11.8 Å². The number of aromatic nitrogens is 2. The highest BCUT2D eigenvalue weighted by Crippen LogP contribution is 2.21. The van der Waals surface area contributed by atoms with Crippen LogP contribution in [0, 0.1) is 0 Å². The number of carbonyl (C=O) groups excluding carboxylic acids is 1. The van der Waals surface area contributed by atoms with Gasteiger partial charge in [-0.2, -0.15) is 0 Å².